The second kappa shape index (κ2) is 5.61. The highest BCUT2D eigenvalue weighted by Gasteiger charge is 2.09. The quantitative estimate of drug-likeness (QED) is 0.507. The van der Waals surface area contributed by atoms with E-state index in [0.717, 1.165) is 16.1 Å². The maximum Gasteiger partial charge on any atom is 0.0885 e. The lowest BCUT2D eigenvalue weighted by Crippen LogP contribution is -2.01. The summed E-state index contributed by atoms with van der Waals surface area (Å²) in [6.07, 6.45) is -0.519. The van der Waals surface area contributed by atoms with E-state index in [1.54, 1.807) is 11.8 Å². The zero-order chi connectivity index (χ0) is 13.9. The number of fused-ring (bicyclic) bond motifs is 1. The zero-order valence-corrected chi connectivity index (χ0v) is 11.7. The predicted molar refractivity (Wildman–Crippen MR) is 84.8 cm³/mol. The van der Waals surface area contributed by atoms with Gasteiger partial charge in [0.2, 0.25) is 0 Å². The fourth-order valence-electron chi connectivity index (χ4n) is 2.16. The first kappa shape index (κ1) is 13.1. The van der Waals surface area contributed by atoms with Gasteiger partial charge >= 0.3 is 0 Å². The van der Waals surface area contributed by atoms with Gasteiger partial charge in [-0.25, -0.2) is 0 Å². The maximum absolute atomic E-state index is 10.2. The van der Waals surface area contributed by atoms with Gasteiger partial charge in [-0.15, -0.1) is 11.8 Å². The third-order valence-corrected chi connectivity index (χ3v) is 4.21. The van der Waals surface area contributed by atoms with Crippen molar-refractivity contribution >= 4 is 28.4 Å². The van der Waals surface area contributed by atoms with Crippen LogP contribution in [0.25, 0.3) is 10.9 Å². The molecule has 1 heterocycles. The number of para-hydroxylation sites is 1. The molecule has 3 nitrogen and oxygen atoms in total. The number of anilines is 1. The van der Waals surface area contributed by atoms with Crippen LogP contribution in [0, 0.1) is 0 Å². The van der Waals surface area contributed by atoms with Gasteiger partial charge in [-0.2, -0.15) is 0 Å². The molecule has 1 aromatic heterocycles. The van der Waals surface area contributed by atoms with E-state index in [2.05, 4.69) is 17.1 Å². The molecule has 0 fully saturated rings. The number of aliphatic hydroxyl groups excluding tert-OH is 1. The van der Waals surface area contributed by atoms with Crippen LogP contribution in [-0.4, -0.2) is 15.8 Å². The number of rotatable bonds is 4. The van der Waals surface area contributed by atoms with Gasteiger partial charge in [0, 0.05) is 22.3 Å². The lowest BCUT2D eigenvalue weighted by molar-refractivity contribution is 0.204. The summed E-state index contributed by atoms with van der Waals surface area (Å²) in [5.41, 5.74) is 8.38. The summed E-state index contributed by atoms with van der Waals surface area (Å²) in [5.74, 6) is 0.594. The van der Waals surface area contributed by atoms with Crippen molar-refractivity contribution in [2.75, 3.05) is 11.5 Å². The number of thioether (sulfide) groups is 1. The molecule has 1 atom stereocenters. The molecule has 0 spiro atoms. The van der Waals surface area contributed by atoms with Gasteiger partial charge in [-0.1, -0.05) is 30.3 Å². The lowest BCUT2D eigenvalue weighted by atomic mass is 10.1. The topological polar surface area (TPSA) is 62.0 Å². The molecule has 0 aliphatic heterocycles. The molecule has 102 valence electrons. The fraction of sp³-hybridized carbons (Fsp3) is 0.125. The minimum absolute atomic E-state index is 0.519. The van der Waals surface area contributed by atoms with Gasteiger partial charge in [-0.05, 0) is 29.8 Å². The number of hydrogen-bond donors (Lipinski definition) is 3. The monoisotopic (exact) mass is 284 g/mol. The standard InChI is InChI=1S/C16H16N2OS/c17-13-6-3-5-12(8-13)15(19)10-20-16-9-11-4-1-2-7-14(11)18-16/h1-9,15,18-19H,10,17H2. The summed E-state index contributed by atoms with van der Waals surface area (Å²) >= 11 is 1.61. The highest BCUT2D eigenvalue weighted by Crippen LogP contribution is 2.27. The number of H-pyrrole nitrogens is 1. The Kier molecular flexibility index (Phi) is 3.67. The van der Waals surface area contributed by atoms with E-state index in [-0.39, 0.29) is 0 Å². The second-order valence-electron chi connectivity index (χ2n) is 4.72. The number of benzene rings is 2. The first-order valence-electron chi connectivity index (χ1n) is 6.46. The third-order valence-electron chi connectivity index (χ3n) is 3.20. The van der Waals surface area contributed by atoms with Gasteiger partial charge in [0.05, 0.1) is 11.1 Å². The largest absolute Gasteiger partial charge is 0.399 e. The highest BCUT2D eigenvalue weighted by atomic mass is 32.2. The molecule has 2 aromatic carbocycles. The molecule has 0 radical (unpaired) electrons. The third kappa shape index (κ3) is 2.81. The second-order valence-corrected chi connectivity index (χ2v) is 5.78. The van der Waals surface area contributed by atoms with E-state index in [4.69, 9.17) is 5.73 Å². The van der Waals surface area contributed by atoms with Crippen LogP contribution in [0.15, 0.2) is 59.6 Å². The molecular formula is C16H16N2OS. The Bertz CT molecular complexity index is 690. The van der Waals surface area contributed by atoms with Crippen molar-refractivity contribution in [1.82, 2.24) is 4.98 Å². The molecule has 4 heteroatoms. The molecule has 0 saturated carbocycles. The van der Waals surface area contributed by atoms with Crippen LogP contribution in [0.5, 0.6) is 0 Å². The van der Waals surface area contributed by atoms with Crippen molar-refractivity contribution < 1.29 is 5.11 Å². The molecule has 0 aliphatic carbocycles. The first-order valence-corrected chi connectivity index (χ1v) is 7.45. The summed E-state index contributed by atoms with van der Waals surface area (Å²) < 4.78 is 0. The van der Waals surface area contributed by atoms with Gasteiger partial charge in [-0.3, -0.25) is 0 Å². The van der Waals surface area contributed by atoms with Gasteiger partial charge in [0.15, 0.2) is 0 Å². The van der Waals surface area contributed by atoms with Crippen molar-refractivity contribution in [2.24, 2.45) is 0 Å². The van der Waals surface area contributed by atoms with E-state index < -0.39 is 6.10 Å². The average molecular weight is 284 g/mol. The number of nitrogens with one attached hydrogen (secondary N) is 1. The Morgan fingerprint density at radius 1 is 1.10 bits per heavy atom. The summed E-state index contributed by atoms with van der Waals surface area (Å²) in [4.78, 5) is 3.34. The summed E-state index contributed by atoms with van der Waals surface area (Å²) in [6.45, 7) is 0. The van der Waals surface area contributed by atoms with Crippen molar-refractivity contribution in [2.45, 2.75) is 11.1 Å². The van der Waals surface area contributed by atoms with Crippen LogP contribution in [0.4, 0.5) is 5.69 Å². The predicted octanol–water partition coefficient (Wildman–Crippen LogP) is 3.58. The van der Waals surface area contributed by atoms with E-state index in [9.17, 15) is 5.11 Å². The van der Waals surface area contributed by atoms with E-state index >= 15 is 0 Å². The SMILES string of the molecule is Nc1cccc(C(O)CSc2cc3ccccc3[nH]2)c1. The Morgan fingerprint density at radius 2 is 1.95 bits per heavy atom. The number of aromatic nitrogens is 1. The van der Waals surface area contributed by atoms with E-state index in [0.29, 0.717) is 11.4 Å². The van der Waals surface area contributed by atoms with Gasteiger partial charge in [0.1, 0.15) is 0 Å². The Balaban J connectivity index is 1.69. The minimum Gasteiger partial charge on any atom is -0.399 e. The zero-order valence-electron chi connectivity index (χ0n) is 10.9. The van der Waals surface area contributed by atoms with Gasteiger partial charge < -0.3 is 15.8 Å². The Labute approximate surface area is 121 Å². The first-order chi connectivity index (χ1) is 9.72. The molecule has 0 saturated heterocycles. The number of hydrogen-bond acceptors (Lipinski definition) is 3. The van der Waals surface area contributed by atoms with Crippen molar-refractivity contribution in [3.8, 4) is 0 Å². The number of nitrogen functional groups attached to an aromatic ring is 1. The smallest absolute Gasteiger partial charge is 0.0885 e. The van der Waals surface area contributed by atoms with E-state index in [1.807, 2.05) is 42.5 Å². The number of nitrogens with two attached hydrogens (primary N) is 1. The van der Waals surface area contributed by atoms with Crippen molar-refractivity contribution in [3.05, 3.63) is 60.2 Å². The van der Waals surface area contributed by atoms with Crippen LogP contribution in [0.1, 0.15) is 11.7 Å². The Hall–Kier alpha value is -1.91. The molecule has 3 aromatic rings. The van der Waals surface area contributed by atoms with Crippen molar-refractivity contribution in [3.63, 3.8) is 0 Å². The number of aliphatic hydroxyl groups is 1. The van der Waals surface area contributed by atoms with Gasteiger partial charge in [0.25, 0.3) is 0 Å². The molecule has 3 rings (SSSR count). The highest BCUT2D eigenvalue weighted by molar-refractivity contribution is 7.99. The molecule has 0 amide bonds. The fourth-order valence-corrected chi connectivity index (χ4v) is 3.08. The average Bonchev–Trinajstić information content (AvgIpc) is 2.87. The van der Waals surface area contributed by atoms with E-state index in [1.165, 1.54) is 5.39 Å². The molecule has 0 aliphatic rings. The maximum atomic E-state index is 10.2. The summed E-state index contributed by atoms with van der Waals surface area (Å²) in [6, 6.07) is 17.6. The number of aromatic amines is 1. The lowest BCUT2D eigenvalue weighted by Gasteiger charge is -2.10. The van der Waals surface area contributed by atoms with Crippen LogP contribution >= 0.6 is 11.8 Å². The van der Waals surface area contributed by atoms with Crippen LogP contribution < -0.4 is 5.73 Å². The molecule has 1 unspecified atom stereocenters. The van der Waals surface area contributed by atoms with Crippen molar-refractivity contribution in [1.29, 1.82) is 0 Å². The van der Waals surface area contributed by atoms with Crippen LogP contribution in [0.3, 0.4) is 0 Å². The molecule has 20 heavy (non-hydrogen) atoms. The molecule has 0 bridgehead atoms. The van der Waals surface area contributed by atoms with Crippen LogP contribution in [0.2, 0.25) is 0 Å². The summed E-state index contributed by atoms with van der Waals surface area (Å²) in [5, 5.41) is 12.4. The summed E-state index contributed by atoms with van der Waals surface area (Å²) in [7, 11) is 0. The van der Waals surface area contributed by atoms with Crippen LogP contribution in [-0.2, 0) is 0 Å². The molecule has 4 N–H and O–H groups in total. The minimum atomic E-state index is -0.519. The molecular weight excluding hydrogens is 268 g/mol. The normalized spacial score (nSPS) is 12.7. The Morgan fingerprint density at radius 3 is 2.75 bits per heavy atom.